The number of ether oxygens (including phenoxy) is 2. The molecule has 146 valence electrons. The summed E-state index contributed by atoms with van der Waals surface area (Å²) in [6.45, 7) is 3.21. The zero-order chi connectivity index (χ0) is 20.4. The van der Waals surface area contributed by atoms with Crippen LogP contribution in [-0.2, 0) is 23.9 Å². The van der Waals surface area contributed by atoms with Crippen LogP contribution in [0.2, 0.25) is 0 Å². The van der Waals surface area contributed by atoms with Gasteiger partial charge < -0.3 is 14.8 Å². The van der Waals surface area contributed by atoms with Crippen LogP contribution >= 0.6 is 0 Å². The van der Waals surface area contributed by atoms with Gasteiger partial charge in [0.05, 0.1) is 12.0 Å². The SMILES string of the molecule is COC(=O)[C@@H](CC(C)C)NC(=O)COC(=O)/C=C/c1cccc([N+](=O)[O-])c1. The molecule has 0 spiro atoms. The molecule has 0 aliphatic heterocycles. The van der Waals surface area contributed by atoms with Gasteiger partial charge in [-0.25, -0.2) is 9.59 Å². The molecule has 1 amide bonds. The van der Waals surface area contributed by atoms with Gasteiger partial charge in [0.1, 0.15) is 6.04 Å². The van der Waals surface area contributed by atoms with Crippen LogP contribution in [0.4, 0.5) is 5.69 Å². The fourth-order valence-electron chi connectivity index (χ4n) is 2.15. The number of hydrogen-bond donors (Lipinski definition) is 1. The molecule has 9 nitrogen and oxygen atoms in total. The molecular formula is C18H22N2O7. The van der Waals surface area contributed by atoms with Crippen molar-refractivity contribution in [1.82, 2.24) is 5.32 Å². The topological polar surface area (TPSA) is 125 Å². The molecule has 0 heterocycles. The van der Waals surface area contributed by atoms with Crippen LogP contribution in [0.3, 0.4) is 0 Å². The number of nitro groups is 1. The molecular weight excluding hydrogens is 356 g/mol. The van der Waals surface area contributed by atoms with E-state index >= 15 is 0 Å². The van der Waals surface area contributed by atoms with E-state index in [2.05, 4.69) is 10.1 Å². The Morgan fingerprint density at radius 2 is 2.00 bits per heavy atom. The van der Waals surface area contributed by atoms with Gasteiger partial charge in [-0.3, -0.25) is 14.9 Å². The average molecular weight is 378 g/mol. The van der Waals surface area contributed by atoms with Gasteiger partial charge in [0, 0.05) is 18.2 Å². The predicted molar refractivity (Wildman–Crippen MR) is 96.5 cm³/mol. The third-order valence-electron chi connectivity index (χ3n) is 3.37. The van der Waals surface area contributed by atoms with Crippen LogP contribution < -0.4 is 5.32 Å². The zero-order valence-corrected chi connectivity index (χ0v) is 15.3. The average Bonchev–Trinajstić information content (AvgIpc) is 2.63. The van der Waals surface area contributed by atoms with Gasteiger partial charge in [-0.15, -0.1) is 0 Å². The van der Waals surface area contributed by atoms with Crippen molar-refractivity contribution >= 4 is 29.6 Å². The van der Waals surface area contributed by atoms with E-state index in [1.165, 1.54) is 31.4 Å². The van der Waals surface area contributed by atoms with E-state index in [0.29, 0.717) is 12.0 Å². The smallest absolute Gasteiger partial charge is 0.331 e. The van der Waals surface area contributed by atoms with Gasteiger partial charge in [0.25, 0.3) is 11.6 Å². The molecule has 27 heavy (non-hydrogen) atoms. The maximum atomic E-state index is 11.9. The summed E-state index contributed by atoms with van der Waals surface area (Å²) < 4.78 is 9.43. The molecule has 9 heteroatoms. The molecule has 1 aromatic rings. The van der Waals surface area contributed by atoms with Crippen LogP contribution in [0.15, 0.2) is 30.3 Å². The molecule has 0 aliphatic carbocycles. The molecule has 0 saturated carbocycles. The highest BCUT2D eigenvalue weighted by Gasteiger charge is 2.22. The molecule has 0 bridgehead atoms. The van der Waals surface area contributed by atoms with Gasteiger partial charge in [-0.1, -0.05) is 26.0 Å². The molecule has 0 fully saturated rings. The van der Waals surface area contributed by atoms with Crippen LogP contribution in [0.5, 0.6) is 0 Å². The summed E-state index contributed by atoms with van der Waals surface area (Å²) in [6, 6.07) is 4.87. The van der Waals surface area contributed by atoms with Gasteiger partial charge in [0.2, 0.25) is 0 Å². The number of nitrogens with one attached hydrogen (secondary N) is 1. The summed E-state index contributed by atoms with van der Waals surface area (Å²) in [5, 5.41) is 13.2. The minimum atomic E-state index is -0.818. The first kappa shape index (κ1) is 21.8. The standard InChI is InChI=1S/C18H22N2O7/c1-12(2)9-15(18(23)26-3)19-16(21)11-27-17(22)8-7-13-5-4-6-14(10-13)20(24)25/h4-8,10,12,15H,9,11H2,1-3H3,(H,19,21)/b8-7+/t15-/m1/s1. The van der Waals surface area contributed by atoms with E-state index in [4.69, 9.17) is 4.74 Å². The van der Waals surface area contributed by atoms with Crippen molar-refractivity contribution in [3.63, 3.8) is 0 Å². The van der Waals surface area contributed by atoms with Crippen molar-refractivity contribution in [2.75, 3.05) is 13.7 Å². The second kappa shape index (κ2) is 10.7. The number of nitro benzene ring substituents is 1. The summed E-state index contributed by atoms with van der Waals surface area (Å²) in [7, 11) is 1.22. The van der Waals surface area contributed by atoms with Gasteiger partial charge in [-0.2, -0.15) is 0 Å². The Morgan fingerprint density at radius 1 is 1.30 bits per heavy atom. The normalized spacial score (nSPS) is 11.9. The summed E-state index contributed by atoms with van der Waals surface area (Å²) in [4.78, 5) is 45.3. The second-order valence-corrected chi connectivity index (χ2v) is 6.07. The van der Waals surface area contributed by atoms with Gasteiger partial charge in [0.15, 0.2) is 6.61 Å². The maximum absolute atomic E-state index is 11.9. The van der Waals surface area contributed by atoms with Crippen molar-refractivity contribution in [2.24, 2.45) is 5.92 Å². The third-order valence-corrected chi connectivity index (χ3v) is 3.37. The Balaban J connectivity index is 2.55. The van der Waals surface area contributed by atoms with Crippen molar-refractivity contribution in [3.8, 4) is 0 Å². The number of nitrogens with zero attached hydrogens (tertiary/aromatic N) is 1. The summed E-state index contributed by atoms with van der Waals surface area (Å²) in [5.74, 6) is -1.86. The minimum absolute atomic E-state index is 0.108. The molecule has 1 aromatic carbocycles. The largest absolute Gasteiger partial charge is 0.467 e. The summed E-state index contributed by atoms with van der Waals surface area (Å²) >= 11 is 0. The van der Waals surface area contributed by atoms with Crippen molar-refractivity contribution in [2.45, 2.75) is 26.3 Å². The highest BCUT2D eigenvalue weighted by molar-refractivity contribution is 5.90. The molecule has 0 saturated heterocycles. The lowest BCUT2D eigenvalue weighted by molar-refractivity contribution is -0.384. The van der Waals surface area contributed by atoms with Crippen LogP contribution in [0, 0.1) is 16.0 Å². The third kappa shape index (κ3) is 8.13. The van der Waals surface area contributed by atoms with E-state index in [1.54, 1.807) is 6.07 Å². The van der Waals surface area contributed by atoms with Crippen molar-refractivity contribution in [3.05, 3.63) is 46.0 Å². The Morgan fingerprint density at radius 3 is 2.59 bits per heavy atom. The number of carbonyl (C=O) groups is 3. The van der Waals surface area contributed by atoms with Crippen LogP contribution in [-0.4, -0.2) is 42.5 Å². The fourth-order valence-corrected chi connectivity index (χ4v) is 2.15. The predicted octanol–water partition coefficient (Wildman–Crippen LogP) is 1.86. The highest BCUT2D eigenvalue weighted by Crippen LogP contribution is 2.14. The Kier molecular flexibility index (Phi) is 8.64. The number of carbonyl (C=O) groups excluding carboxylic acids is 3. The Labute approximate surface area is 156 Å². The minimum Gasteiger partial charge on any atom is -0.467 e. The highest BCUT2D eigenvalue weighted by atomic mass is 16.6. The number of hydrogen-bond acceptors (Lipinski definition) is 7. The van der Waals surface area contributed by atoms with E-state index in [-0.39, 0.29) is 11.6 Å². The Bertz CT molecular complexity index is 728. The summed E-state index contributed by atoms with van der Waals surface area (Å²) in [5.41, 5.74) is 0.331. The number of non-ortho nitro benzene ring substituents is 1. The molecule has 1 atom stereocenters. The lowest BCUT2D eigenvalue weighted by atomic mass is 10.0. The van der Waals surface area contributed by atoms with E-state index in [1.807, 2.05) is 13.8 Å². The number of rotatable bonds is 9. The molecule has 0 aliphatic rings. The molecule has 0 radical (unpaired) electrons. The number of amides is 1. The number of benzene rings is 1. The fraction of sp³-hybridized carbons (Fsp3) is 0.389. The number of methoxy groups -OCH3 is 1. The van der Waals surface area contributed by atoms with Gasteiger partial charge >= 0.3 is 11.9 Å². The quantitative estimate of drug-likeness (QED) is 0.301. The summed E-state index contributed by atoms with van der Waals surface area (Å²) in [6.07, 6.45) is 2.78. The van der Waals surface area contributed by atoms with E-state index in [9.17, 15) is 24.5 Å². The monoisotopic (exact) mass is 378 g/mol. The zero-order valence-electron chi connectivity index (χ0n) is 15.3. The molecule has 1 rings (SSSR count). The first-order chi connectivity index (χ1) is 12.7. The molecule has 0 aromatic heterocycles. The first-order valence-electron chi connectivity index (χ1n) is 8.19. The van der Waals surface area contributed by atoms with Gasteiger partial charge in [-0.05, 0) is 24.0 Å². The Hall–Kier alpha value is -3.23. The van der Waals surface area contributed by atoms with Crippen LogP contribution in [0.25, 0.3) is 6.08 Å². The van der Waals surface area contributed by atoms with Crippen molar-refractivity contribution < 1.29 is 28.8 Å². The van der Waals surface area contributed by atoms with Crippen LogP contribution in [0.1, 0.15) is 25.8 Å². The van der Waals surface area contributed by atoms with E-state index < -0.39 is 35.4 Å². The molecule has 1 N–H and O–H groups in total. The lowest BCUT2D eigenvalue weighted by Crippen LogP contribution is -2.44. The first-order valence-corrected chi connectivity index (χ1v) is 8.19. The van der Waals surface area contributed by atoms with E-state index in [0.717, 1.165) is 6.08 Å². The maximum Gasteiger partial charge on any atom is 0.331 e. The van der Waals surface area contributed by atoms with Crippen molar-refractivity contribution in [1.29, 1.82) is 0 Å². The second-order valence-electron chi connectivity index (χ2n) is 6.07. The lowest BCUT2D eigenvalue weighted by Gasteiger charge is -2.18. The number of esters is 2. The molecule has 0 unspecified atom stereocenters.